The number of carbonyl (C=O) groups excluding carboxylic acids is 1. The van der Waals surface area contributed by atoms with Gasteiger partial charge in [-0.2, -0.15) is 11.8 Å². The van der Waals surface area contributed by atoms with Gasteiger partial charge in [0, 0.05) is 24.1 Å². The van der Waals surface area contributed by atoms with Crippen molar-refractivity contribution < 1.29 is 9.90 Å². The van der Waals surface area contributed by atoms with E-state index in [-0.39, 0.29) is 11.7 Å². The van der Waals surface area contributed by atoms with E-state index in [0.29, 0.717) is 12.1 Å². The van der Waals surface area contributed by atoms with Gasteiger partial charge in [-0.1, -0.05) is 18.2 Å². The van der Waals surface area contributed by atoms with Crippen LogP contribution in [0.1, 0.15) is 17.7 Å². The third-order valence-corrected chi connectivity index (χ3v) is 3.95. The molecule has 21 heavy (non-hydrogen) atoms. The molecule has 2 N–H and O–H groups in total. The van der Waals surface area contributed by atoms with Crippen LogP contribution in [-0.4, -0.2) is 21.8 Å². The summed E-state index contributed by atoms with van der Waals surface area (Å²) in [6, 6.07) is 11.1. The number of aromatic nitrogens is 1. The Bertz CT molecular complexity index is 602. The monoisotopic (exact) mass is 302 g/mol. The van der Waals surface area contributed by atoms with Crippen molar-refractivity contribution in [2.45, 2.75) is 19.1 Å². The van der Waals surface area contributed by atoms with Gasteiger partial charge in [-0.3, -0.25) is 9.78 Å². The topological polar surface area (TPSA) is 62.2 Å². The van der Waals surface area contributed by atoms with Gasteiger partial charge in [-0.25, -0.2) is 0 Å². The Balaban J connectivity index is 1.74. The first kappa shape index (κ1) is 15.4. The maximum absolute atomic E-state index is 11.8. The summed E-state index contributed by atoms with van der Waals surface area (Å²) < 4.78 is 0. The Labute approximate surface area is 128 Å². The number of para-hydroxylation sites is 1. The molecular formula is C16H18N2O2S. The summed E-state index contributed by atoms with van der Waals surface area (Å²) in [6.07, 6.45) is 2.17. The number of aryl methyl sites for hydroxylation is 1. The van der Waals surface area contributed by atoms with Crippen molar-refractivity contribution in [3.63, 3.8) is 0 Å². The number of anilines is 1. The van der Waals surface area contributed by atoms with E-state index in [0.717, 1.165) is 22.8 Å². The van der Waals surface area contributed by atoms with E-state index >= 15 is 0 Å². The molecule has 0 aliphatic carbocycles. The van der Waals surface area contributed by atoms with Crippen LogP contribution >= 0.6 is 11.8 Å². The maximum atomic E-state index is 11.8. The van der Waals surface area contributed by atoms with Gasteiger partial charge in [-0.05, 0) is 30.7 Å². The van der Waals surface area contributed by atoms with Crippen molar-refractivity contribution in [3.8, 4) is 5.75 Å². The highest BCUT2D eigenvalue weighted by molar-refractivity contribution is 7.98. The number of nitrogens with one attached hydrogen (secondary N) is 1. The van der Waals surface area contributed by atoms with E-state index in [1.165, 1.54) is 0 Å². The Hall–Kier alpha value is -2.01. The minimum atomic E-state index is -0.0931. The molecule has 1 amide bonds. The van der Waals surface area contributed by atoms with Crippen molar-refractivity contribution in [2.24, 2.45) is 0 Å². The molecule has 0 saturated heterocycles. The van der Waals surface area contributed by atoms with Crippen LogP contribution in [-0.2, 0) is 10.5 Å². The predicted molar refractivity (Wildman–Crippen MR) is 86.5 cm³/mol. The molecule has 1 aromatic carbocycles. The smallest absolute Gasteiger partial charge is 0.225 e. The van der Waals surface area contributed by atoms with Gasteiger partial charge in [0.25, 0.3) is 0 Å². The van der Waals surface area contributed by atoms with Crippen molar-refractivity contribution in [2.75, 3.05) is 11.1 Å². The second-order valence-corrected chi connectivity index (χ2v) is 5.75. The number of phenolic OH excluding ortho intramolecular Hbond substituents is 1. The number of phenols is 1. The highest BCUT2D eigenvalue weighted by Gasteiger charge is 2.07. The molecular weight excluding hydrogens is 284 g/mol. The van der Waals surface area contributed by atoms with Gasteiger partial charge in [0.05, 0.1) is 11.4 Å². The average molecular weight is 302 g/mol. The number of aromatic hydroxyl groups is 1. The number of amides is 1. The standard InChI is InChI=1S/C16H18N2O2S/c1-12-5-4-7-14(16(12)20)18-15(19)8-10-21-11-13-6-2-3-9-17-13/h2-7,9,20H,8,10-11H2,1H3,(H,18,19). The lowest BCUT2D eigenvalue weighted by Crippen LogP contribution is -2.12. The molecule has 1 aromatic heterocycles. The summed E-state index contributed by atoms with van der Waals surface area (Å²) in [4.78, 5) is 16.1. The quantitative estimate of drug-likeness (QED) is 0.634. The largest absolute Gasteiger partial charge is 0.505 e. The Kier molecular flexibility index (Phi) is 5.63. The minimum Gasteiger partial charge on any atom is -0.505 e. The Morgan fingerprint density at radius 3 is 2.90 bits per heavy atom. The first-order chi connectivity index (χ1) is 10.2. The Morgan fingerprint density at radius 2 is 2.14 bits per heavy atom. The second-order valence-electron chi connectivity index (χ2n) is 4.64. The van der Waals surface area contributed by atoms with Gasteiger partial charge in [-0.15, -0.1) is 0 Å². The number of carbonyl (C=O) groups is 1. The number of nitrogens with zero attached hydrogens (tertiary/aromatic N) is 1. The lowest BCUT2D eigenvalue weighted by Gasteiger charge is -2.08. The molecule has 0 atom stereocenters. The van der Waals surface area contributed by atoms with Gasteiger partial charge in [0.1, 0.15) is 5.75 Å². The first-order valence-corrected chi connectivity index (χ1v) is 7.88. The average Bonchev–Trinajstić information content (AvgIpc) is 2.49. The molecule has 5 heteroatoms. The number of thioether (sulfide) groups is 1. The van der Waals surface area contributed by atoms with Crippen LogP contribution < -0.4 is 5.32 Å². The van der Waals surface area contributed by atoms with Crippen LogP contribution in [0.15, 0.2) is 42.6 Å². The number of rotatable bonds is 6. The highest BCUT2D eigenvalue weighted by atomic mass is 32.2. The summed E-state index contributed by atoms with van der Waals surface area (Å²) in [6.45, 7) is 1.80. The summed E-state index contributed by atoms with van der Waals surface area (Å²) in [5.41, 5.74) is 2.23. The van der Waals surface area contributed by atoms with Crippen molar-refractivity contribution in [3.05, 3.63) is 53.9 Å². The van der Waals surface area contributed by atoms with Gasteiger partial charge in [0.15, 0.2) is 0 Å². The second kappa shape index (κ2) is 7.69. The third-order valence-electron chi connectivity index (χ3n) is 2.96. The fourth-order valence-electron chi connectivity index (χ4n) is 1.80. The molecule has 0 radical (unpaired) electrons. The summed E-state index contributed by atoms with van der Waals surface area (Å²) >= 11 is 1.67. The molecule has 4 nitrogen and oxygen atoms in total. The van der Waals surface area contributed by atoms with E-state index in [9.17, 15) is 9.90 Å². The van der Waals surface area contributed by atoms with E-state index in [4.69, 9.17) is 0 Å². The summed E-state index contributed by atoms with van der Waals surface area (Å²) in [5.74, 6) is 1.55. The fraction of sp³-hybridized carbons (Fsp3) is 0.250. The molecule has 2 aromatic rings. The maximum Gasteiger partial charge on any atom is 0.225 e. The van der Waals surface area contributed by atoms with E-state index in [1.807, 2.05) is 18.2 Å². The fourth-order valence-corrected chi connectivity index (χ4v) is 2.65. The minimum absolute atomic E-state index is 0.0931. The molecule has 2 rings (SSSR count). The molecule has 0 aliphatic heterocycles. The van der Waals surface area contributed by atoms with Crippen LogP contribution in [0, 0.1) is 6.92 Å². The molecule has 0 saturated carbocycles. The van der Waals surface area contributed by atoms with Crippen LogP contribution in [0.3, 0.4) is 0 Å². The van der Waals surface area contributed by atoms with Crippen molar-refractivity contribution >= 4 is 23.4 Å². The number of hydrogen-bond donors (Lipinski definition) is 2. The first-order valence-electron chi connectivity index (χ1n) is 6.73. The zero-order valence-corrected chi connectivity index (χ0v) is 12.7. The summed E-state index contributed by atoms with van der Waals surface area (Å²) in [7, 11) is 0. The zero-order chi connectivity index (χ0) is 15.1. The van der Waals surface area contributed by atoms with E-state index in [1.54, 1.807) is 43.1 Å². The van der Waals surface area contributed by atoms with Gasteiger partial charge in [0.2, 0.25) is 5.91 Å². The van der Waals surface area contributed by atoms with Gasteiger partial charge < -0.3 is 10.4 Å². The number of benzene rings is 1. The molecule has 0 aliphatic rings. The predicted octanol–water partition coefficient (Wildman–Crippen LogP) is 3.36. The lowest BCUT2D eigenvalue weighted by molar-refractivity contribution is -0.115. The lowest BCUT2D eigenvalue weighted by atomic mass is 10.2. The van der Waals surface area contributed by atoms with Gasteiger partial charge >= 0.3 is 0 Å². The van der Waals surface area contributed by atoms with E-state index in [2.05, 4.69) is 10.3 Å². The van der Waals surface area contributed by atoms with Crippen molar-refractivity contribution in [1.82, 2.24) is 4.98 Å². The van der Waals surface area contributed by atoms with Crippen molar-refractivity contribution in [1.29, 1.82) is 0 Å². The normalized spacial score (nSPS) is 10.3. The van der Waals surface area contributed by atoms with E-state index < -0.39 is 0 Å². The summed E-state index contributed by atoms with van der Waals surface area (Å²) in [5, 5.41) is 12.6. The van der Waals surface area contributed by atoms with Crippen LogP contribution in [0.25, 0.3) is 0 Å². The van der Waals surface area contributed by atoms with Crippen LogP contribution in [0.2, 0.25) is 0 Å². The molecule has 0 unspecified atom stereocenters. The number of pyridine rings is 1. The molecule has 110 valence electrons. The molecule has 0 spiro atoms. The zero-order valence-electron chi connectivity index (χ0n) is 11.9. The SMILES string of the molecule is Cc1cccc(NC(=O)CCSCc2ccccn2)c1O. The third kappa shape index (κ3) is 4.79. The molecule has 0 fully saturated rings. The van der Waals surface area contributed by atoms with Crippen LogP contribution in [0.5, 0.6) is 5.75 Å². The molecule has 1 heterocycles. The molecule has 0 bridgehead atoms. The number of hydrogen-bond acceptors (Lipinski definition) is 4. The Morgan fingerprint density at radius 1 is 1.29 bits per heavy atom. The highest BCUT2D eigenvalue weighted by Crippen LogP contribution is 2.26. The van der Waals surface area contributed by atoms with Crippen LogP contribution in [0.4, 0.5) is 5.69 Å².